The van der Waals surface area contributed by atoms with Gasteiger partial charge in [-0.25, -0.2) is 4.57 Å². The minimum Gasteiger partial charge on any atom is -0.435 e. The summed E-state index contributed by atoms with van der Waals surface area (Å²) in [4.78, 5) is 0. The maximum Gasteiger partial charge on any atom is 0.368 e. The summed E-state index contributed by atoms with van der Waals surface area (Å²) < 4.78 is 19.6. The third-order valence-electron chi connectivity index (χ3n) is 0.687. The summed E-state index contributed by atoms with van der Waals surface area (Å²) in [5.41, 5.74) is 0. The second kappa shape index (κ2) is 5.10. The molecule has 2 unspecified atom stereocenters. The zero-order chi connectivity index (χ0) is 7.98. The normalized spacial score (nSPS) is 14.8. The van der Waals surface area contributed by atoms with Crippen molar-refractivity contribution >= 4 is 8.25 Å². The first kappa shape index (κ1) is 9.29. The molecule has 3 nitrogen and oxygen atoms in total. The van der Waals surface area contributed by atoms with Gasteiger partial charge in [0.25, 0.3) is 0 Å². The van der Waals surface area contributed by atoms with E-state index in [9.17, 15) is 4.57 Å². The van der Waals surface area contributed by atoms with Gasteiger partial charge in [0.05, 0.1) is 6.26 Å². The average molecular weight is 160 g/mol. The van der Waals surface area contributed by atoms with Crippen molar-refractivity contribution in [3.8, 4) is 12.3 Å². The fourth-order valence-corrected chi connectivity index (χ4v) is 0.823. The number of hydrogen-bond donors (Lipinski definition) is 0. The maximum absolute atomic E-state index is 10.6. The molecule has 0 aliphatic heterocycles. The minimum atomic E-state index is -2.46. The van der Waals surface area contributed by atoms with E-state index in [2.05, 4.69) is 21.5 Å². The summed E-state index contributed by atoms with van der Waals surface area (Å²) in [6, 6.07) is 0. The van der Waals surface area contributed by atoms with E-state index in [1.54, 1.807) is 6.92 Å². The Morgan fingerprint density at radius 3 is 2.90 bits per heavy atom. The number of hydrogen-bond acceptors (Lipinski definition) is 3. The fraction of sp³-hybridized carbons (Fsp3) is 0.333. The van der Waals surface area contributed by atoms with Crippen molar-refractivity contribution in [1.29, 1.82) is 0 Å². The highest BCUT2D eigenvalue weighted by atomic mass is 31.1. The van der Waals surface area contributed by atoms with Crippen molar-refractivity contribution in [3.63, 3.8) is 0 Å². The van der Waals surface area contributed by atoms with Crippen LogP contribution in [0.25, 0.3) is 0 Å². The van der Waals surface area contributed by atoms with Crippen LogP contribution in [-0.2, 0) is 13.6 Å². The van der Waals surface area contributed by atoms with Crippen molar-refractivity contribution < 1.29 is 13.6 Å². The lowest BCUT2D eigenvalue weighted by Gasteiger charge is -2.03. The second-order valence-electron chi connectivity index (χ2n) is 1.46. The Morgan fingerprint density at radius 1 is 1.90 bits per heavy atom. The van der Waals surface area contributed by atoms with E-state index >= 15 is 0 Å². The van der Waals surface area contributed by atoms with Crippen molar-refractivity contribution in [1.82, 2.24) is 0 Å². The molecule has 0 aliphatic carbocycles. The lowest BCUT2D eigenvalue weighted by molar-refractivity contribution is 0.244. The Morgan fingerprint density at radius 2 is 2.50 bits per heavy atom. The molecular weight excluding hydrogens is 151 g/mol. The lowest BCUT2D eigenvalue weighted by Crippen LogP contribution is -1.97. The second-order valence-corrected chi connectivity index (χ2v) is 2.43. The molecule has 0 N–H and O–H groups in total. The van der Waals surface area contributed by atoms with Crippen molar-refractivity contribution in [2.75, 3.05) is 0 Å². The average Bonchev–Trinajstić information content (AvgIpc) is 1.88. The van der Waals surface area contributed by atoms with Crippen LogP contribution < -0.4 is 0 Å². The third kappa shape index (κ3) is 4.20. The molecule has 0 spiro atoms. The van der Waals surface area contributed by atoms with Gasteiger partial charge in [-0.1, -0.05) is 12.5 Å². The van der Waals surface area contributed by atoms with Crippen LogP contribution in [0.4, 0.5) is 0 Å². The molecule has 0 bridgehead atoms. The van der Waals surface area contributed by atoms with Crippen LogP contribution in [-0.4, -0.2) is 6.10 Å². The zero-order valence-electron chi connectivity index (χ0n) is 5.66. The van der Waals surface area contributed by atoms with Gasteiger partial charge in [0.1, 0.15) is 6.10 Å². The smallest absolute Gasteiger partial charge is 0.368 e. The first-order valence-corrected chi connectivity index (χ1v) is 3.87. The SMILES string of the molecule is C#CC(C)O[PH](=O)OC=C. The third-order valence-corrected chi connectivity index (χ3v) is 1.59. The summed E-state index contributed by atoms with van der Waals surface area (Å²) in [5, 5.41) is 0. The van der Waals surface area contributed by atoms with Crippen LogP contribution in [0.3, 0.4) is 0 Å². The highest BCUT2D eigenvalue weighted by molar-refractivity contribution is 7.33. The van der Waals surface area contributed by atoms with Crippen LogP contribution in [0, 0.1) is 12.3 Å². The van der Waals surface area contributed by atoms with E-state index < -0.39 is 14.4 Å². The monoisotopic (exact) mass is 160 g/mol. The van der Waals surface area contributed by atoms with Gasteiger partial charge < -0.3 is 4.52 Å². The number of terminal acetylenes is 1. The molecule has 0 rings (SSSR count). The van der Waals surface area contributed by atoms with Gasteiger partial charge in [0.2, 0.25) is 0 Å². The molecule has 0 aliphatic rings. The molecule has 0 aromatic carbocycles. The molecule has 10 heavy (non-hydrogen) atoms. The van der Waals surface area contributed by atoms with Gasteiger partial charge in [0.15, 0.2) is 0 Å². The summed E-state index contributed by atoms with van der Waals surface area (Å²) in [7, 11) is -2.46. The van der Waals surface area contributed by atoms with Gasteiger partial charge in [0, 0.05) is 0 Å². The predicted octanol–water partition coefficient (Wildman–Crippen LogP) is 1.57. The van der Waals surface area contributed by atoms with E-state index in [1.165, 1.54) is 0 Å². The van der Waals surface area contributed by atoms with Crippen LogP contribution >= 0.6 is 8.25 Å². The van der Waals surface area contributed by atoms with Gasteiger partial charge >= 0.3 is 8.25 Å². The molecule has 2 atom stereocenters. The molecule has 0 fully saturated rings. The Kier molecular flexibility index (Phi) is 4.74. The first-order valence-electron chi connectivity index (χ1n) is 2.65. The Hall–Kier alpha value is -0.710. The van der Waals surface area contributed by atoms with E-state index in [4.69, 9.17) is 6.42 Å². The molecular formula is C6H9O3P. The fourth-order valence-electron chi connectivity index (χ4n) is 0.274. The van der Waals surface area contributed by atoms with E-state index in [0.717, 1.165) is 6.26 Å². The summed E-state index contributed by atoms with van der Waals surface area (Å²) in [5.74, 6) is 2.24. The van der Waals surface area contributed by atoms with Crippen LogP contribution in [0.5, 0.6) is 0 Å². The molecule has 0 heterocycles. The molecule has 0 saturated carbocycles. The Bertz CT molecular complexity index is 170. The minimum absolute atomic E-state index is 0.480. The molecule has 0 radical (unpaired) electrons. The predicted molar refractivity (Wildman–Crippen MR) is 39.7 cm³/mol. The molecule has 4 heteroatoms. The number of rotatable bonds is 4. The topological polar surface area (TPSA) is 35.5 Å². The highest BCUT2D eigenvalue weighted by Gasteiger charge is 2.01. The van der Waals surface area contributed by atoms with Crippen molar-refractivity contribution in [3.05, 3.63) is 12.8 Å². The quantitative estimate of drug-likeness (QED) is 0.355. The van der Waals surface area contributed by atoms with Crippen molar-refractivity contribution in [2.24, 2.45) is 0 Å². The lowest BCUT2D eigenvalue weighted by atomic mass is 10.4. The zero-order valence-corrected chi connectivity index (χ0v) is 6.66. The Labute approximate surface area is 61.0 Å². The first-order chi connectivity index (χ1) is 4.70. The van der Waals surface area contributed by atoms with Crippen molar-refractivity contribution in [2.45, 2.75) is 13.0 Å². The van der Waals surface area contributed by atoms with Gasteiger partial charge in [-0.2, -0.15) is 0 Å². The van der Waals surface area contributed by atoms with Crippen LogP contribution in [0.15, 0.2) is 12.8 Å². The molecule has 0 aromatic heterocycles. The molecule has 56 valence electrons. The van der Waals surface area contributed by atoms with Gasteiger partial charge in [-0.3, -0.25) is 4.52 Å². The molecule has 0 saturated heterocycles. The maximum atomic E-state index is 10.6. The standard InChI is InChI=1S/C6H9O3P/c1-4-6(3)9-10(7)8-5-2/h1,5-6,10H,2H2,3H3. The largest absolute Gasteiger partial charge is 0.435 e. The van der Waals surface area contributed by atoms with E-state index in [-0.39, 0.29) is 0 Å². The van der Waals surface area contributed by atoms with Crippen LogP contribution in [0.2, 0.25) is 0 Å². The Balaban J connectivity index is 3.59. The van der Waals surface area contributed by atoms with Crippen LogP contribution in [0.1, 0.15) is 6.92 Å². The van der Waals surface area contributed by atoms with E-state index in [0.29, 0.717) is 0 Å². The molecule has 0 amide bonds. The summed E-state index contributed by atoms with van der Waals surface area (Å²) in [6.07, 6.45) is 5.52. The van der Waals surface area contributed by atoms with Gasteiger partial charge in [-0.15, -0.1) is 6.42 Å². The van der Waals surface area contributed by atoms with E-state index in [1.807, 2.05) is 0 Å². The molecule has 0 aromatic rings. The summed E-state index contributed by atoms with van der Waals surface area (Å²) in [6.45, 7) is 4.81. The highest BCUT2D eigenvalue weighted by Crippen LogP contribution is 2.25. The summed E-state index contributed by atoms with van der Waals surface area (Å²) >= 11 is 0. The van der Waals surface area contributed by atoms with Gasteiger partial charge in [-0.05, 0) is 6.92 Å².